The maximum Gasteiger partial charge on any atom is 0.360 e. The first-order valence-corrected chi connectivity index (χ1v) is 8.36. The Bertz CT molecular complexity index is 508. The van der Waals surface area contributed by atoms with Crippen molar-refractivity contribution in [1.82, 2.24) is 15.0 Å². The number of rotatable bonds is 5. The fourth-order valence-corrected chi connectivity index (χ4v) is 3.51. The maximum atomic E-state index is 12.1. The minimum atomic E-state index is -0.312. The van der Waals surface area contributed by atoms with Crippen LogP contribution in [-0.2, 0) is 4.74 Å². The lowest BCUT2D eigenvalue weighted by molar-refractivity contribution is 0.0518. The normalized spacial score (nSPS) is 25.8. The Kier molecular flexibility index (Phi) is 4.27. The van der Waals surface area contributed by atoms with E-state index in [-0.39, 0.29) is 5.97 Å². The number of hydrogen-bond acceptors (Lipinski definition) is 4. The van der Waals surface area contributed by atoms with Gasteiger partial charge in [-0.3, -0.25) is 0 Å². The molecule has 1 aromatic rings. The molecule has 0 N–H and O–H groups in total. The maximum absolute atomic E-state index is 12.1. The Morgan fingerprint density at radius 1 is 1.29 bits per heavy atom. The highest BCUT2D eigenvalue weighted by Gasteiger charge is 2.37. The molecule has 116 valence electrons. The molecule has 1 heterocycles. The van der Waals surface area contributed by atoms with Gasteiger partial charge in [-0.15, -0.1) is 5.10 Å². The zero-order chi connectivity index (χ0) is 14.8. The summed E-state index contributed by atoms with van der Waals surface area (Å²) < 4.78 is 7.20. The molecule has 5 heteroatoms. The van der Waals surface area contributed by atoms with E-state index >= 15 is 0 Å². The Hall–Kier alpha value is -1.39. The smallest absolute Gasteiger partial charge is 0.360 e. The number of ether oxygens (including phenoxy) is 1. The fourth-order valence-electron chi connectivity index (χ4n) is 3.51. The molecule has 0 spiro atoms. The summed E-state index contributed by atoms with van der Waals surface area (Å²) in [6, 6.07) is 0.412. The number of carbonyl (C=O) groups is 1. The van der Waals surface area contributed by atoms with Crippen molar-refractivity contribution in [2.75, 3.05) is 6.61 Å². The molecule has 0 aliphatic heterocycles. The summed E-state index contributed by atoms with van der Waals surface area (Å²) in [6.45, 7) is 4.48. The predicted molar refractivity (Wildman–Crippen MR) is 79.2 cm³/mol. The molecule has 2 aliphatic rings. The highest BCUT2D eigenvalue weighted by atomic mass is 16.5. The van der Waals surface area contributed by atoms with Crippen LogP contribution in [0.25, 0.3) is 0 Å². The molecule has 2 saturated carbocycles. The summed E-state index contributed by atoms with van der Waals surface area (Å²) in [5.74, 6) is 0.931. The zero-order valence-electron chi connectivity index (χ0n) is 13.0. The molecule has 0 bridgehead atoms. The molecule has 2 aliphatic carbocycles. The summed E-state index contributed by atoms with van der Waals surface area (Å²) in [5, 5.41) is 8.50. The van der Waals surface area contributed by atoms with Gasteiger partial charge in [0.2, 0.25) is 0 Å². The first kappa shape index (κ1) is 14.5. The third-order valence-corrected chi connectivity index (χ3v) is 4.84. The van der Waals surface area contributed by atoms with Crippen LogP contribution in [0.1, 0.15) is 86.9 Å². The highest BCUT2D eigenvalue weighted by molar-refractivity contribution is 5.88. The van der Waals surface area contributed by atoms with Gasteiger partial charge in [-0.1, -0.05) is 31.4 Å². The van der Waals surface area contributed by atoms with Crippen molar-refractivity contribution in [2.24, 2.45) is 5.92 Å². The van der Waals surface area contributed by atoms with Gasteiger partial charge in [-0.2, -0.15) is 0 Å². The van der Waals surface area contributed by atoms with E-state index in [1.54, 1.807) is 0 Å². The van der Waals surface area contributed by atoms with Crippen molar-refractivity contribution in [1.29, 1.82) is 0 Å². The van der Waals surface area contributed by atoms with Crippen molar-refractivity contribution < 1.29 is 9.53 Å². The van der Waals surface area contributed by atoms with E-state index in [4.69, 9.17) is 4.74 Å². The van der Waals surface area contributed by atoms with Gasteiger partial charge in [0.25, 0.3) is 0 Å². The molecule has 0 saturated heterocycles. The van der Waals surface area contributed by atoms with Crippen molar-refractivity contribution in [2.45, 2.75) is 70.8 Å². The second kappa shape index (κ2) is 6.16. The minimum Gasteiger partial charge on any atom is -0.461 e. The Morgan fingerprint density at radius 3 is 2.76 bits per heavy atom. The average Bonchev–Trinajstić information content (AvgIpc) is 3.25. The van der Waals surface area contributed by atoms with Crippen LogP contribution in [0.3, 0.4) is 0 Å². The lowest BCUT2D eigenvalue weighted by Crippen LogP contribution is -2.22. The van der Waals surface area contributed by atoms with Crippen LogP contribution >= 0.6 is 0 Å². The Labute approximate surface area is 126 Å². The molecule has 3 rings (SSSR count). The molecule has 1 aromatic heterocycles. The topological polar surface area (TPSA) is 57.0 Å². The van der Waals surface area contributed by atoms with Crippen LogP contribution in [0.15, 0.2) is 0 Å². The third kappa shape index (κ3) is 2.97. The van der Waals surface area contributed by atoms with Gasteiger partial charge in [0.1, 0.15) is 0 Å². The number of esters is 1. The lowest BCUT2D eigenvalue weighted by Gasteiger charge is -2.29. The number of aromatic nitrogens is 3. The van der Waals surface area contributed by atoms with E-state index in [1.807, 2.05) is 6.92 Å². The summed E-state index contributed by atoms with van der Waals surface area (Å²) in [4.78, 5) is 12.1. The molecule has 2 atom stereocenters. The molecule has 2 unspecified atom stereocenters. The summed E-state index contributed by atoms with van der Waals surface area (Å²) >= 11 is 0. The molecule has 0 radical (unpaired) electrons. The fraction of sp³-hybridized carbons (Fsp3) is 0.812. The van der Waals surface area contributed by atoms with Gasteiger partial charge in [0.15, 0.2) is 5.69 Å². The quantitative estimate of drug-likeness (QED) is 0.779. The predicted octanol–water partition coefficient (Wildman–Crippen LogP) is 3.47. The van der Waals surface area contributed by atoms with E-state index in [9.17, 15) is 4.79 Å². The second-order valence-corrected chi connectivity index (χ2v) is 6.36. The van der Waals surface area contributed by atoms with Gasteiger partial charge < -0.3 is 4.74 Å². The SMILES string of the molecule is CCOC(=O)c1nnn(C2CCCC(CC)C2)c1C1CC1. The molecule has 0 amide bonds. The van der Waals surface area contributed by atoms with E-state index in [0.29, 0.717) is 24.3 Å². The molecule has 21 heavy (non-hydrogen) atoms. The van der Waals surface area contributed by atoms with Gasteiger partial charge >= 0.3 is 5.97 Å². The first-order valence-electron chi connectivity index (χ1n) is 8.36. The van der Waals surface area contributed by atoms with Crippen LogP contribution in [0.2, 0.25) is 0 Å². The standard InChI is InChI=1S/C16H25N3O2/c1-3-11-6-5-7-13(10-11)19-15(12-8-9-12)14(17-18-19)16(20)21-4-2/h11-13H,3-10H2,1-2H3. The Balaban J connectivity index is 1.86. The van der Waals surface area contributed by atoms with Crippen LogP contribution in [-0.4, -0.2) is 27.6 Å². The molecule has 5 nitrogen and oxygen atoms in total. The lowest BCUT2D eigenvalue weighted by atomic mass is 9.84. The number of nitrogens with zero attached hydrogens (tertiary/aromatic N) is 3. The zero-order valence-corrected chi connectivity index (χ0v) is 13.0. The summed E-state index contributed by atoms with van der Waals surface area (Å²) in [7, 11) is 0. The van der Waals surface area contributed by atoms with Crippen LogP contribution < -0.4 is 0 Å². The van der Waals surface area contributed by atoms with E-state index in [2.05, 4.69) is 21.9 Å². The molecule has 2 fully saturated rings. The van der Waals surface area contributed by atoms with Gasteiger partial charge in [0, 0.05) is 5.92 Å². The molecular weight excluding hydrogens is 266 g/mol. The van der Waals surface area contributed by atoms with Gasteiger partial charge in [-0.05, 0) is 38.5 Å². The van der Waals surface area contributed by atoms with Crippen molar-refractivity contribution in [3.63, 3.8) is 0 Å². The molecular formula is C16H25N3O2. The van der Waals surface area contributed by atoms with Gasteiger partial charge in [-0.25, -0.2) is 9.48 Å². The van der Waals surface area contributed by atoms with Crippen molar-refractivity contribution in [3.8, 4) is 0 Å². The van der Waals surface area contributed by atoms with E-state index in [0.717, 1.165) is 30.9 Å². The van der Waals surface area contributed by atoms with Crippen molar-refractivity contribution in [3.05, 3.63) is 11.4 Å². The van der Waals surface area contributed by atoms with Crippen LogP contribution in [0.5, 0.6) is 0 Å². The number of hydrogen-bond donors (Lipinski definition) is 0. The largest absolute Gasteiger partial charge is 0.461 e. The first-order chi connectivity index (χ1) is 10.2. The van der Waals surface area contributed by atoms with Crippen molar-refractivity contribution >= 4 is 5.97 Å². The number of carbonyl (C=O) groups excluding carboxylic acids is 1. The average molecular weight is 291 g/mol. The molecule has 0 aromatic carbocycles. The van der Waals surface area contributed by atoms with Crippen LogP contribution in [0, 0.1) is 5.92 Å². The summed E-state index contributed by atoms with van der Waals surface area (Å²) in [5.41, 5.74) is 1.49. The third-order valence-electron chi connectivity index (χ3n) is 4.84. The summed E-state index contributed by atoms with van der Waals surface area (Å²) in [6.07, 6.45) is 8.42. The van der Waals surface area contributed by atoms with Gasteiger partial charge in [0.05, 0.1) is 18.3 Å². The van der Waals surface area contributed by atoms with E-state index < -0.39 is 0 Å². The monoisotopic (exact) mass is 291 g/mol. The minimum absolute atomic E-state index is 0.312. The Morgan fingerprint density at radius 2 is 2.10 bits per heavy atom. The second-order valence-electron chi connectivity index (χ2n) is 6.36. The van der Waals surface area contributed by atoms with E-state index in [1.165, 1.54) is 25.7 Å². The van der Waals surface area contributed by atoms with Crippen LogP contribution in [0.4, 0.5) is 0 Å². The highest BCUT2D eigenvalue weighted by Crippen LogP contribution is 2.44.